The molecule has 0 spiro atoms. The number of nitrogen functional groups attached to an aromatic ring is 1. The molecular weight excluding hydrogens is 754 g/mol. The van der Waals surface area contributed by atoms with E-state index in [4.69, 9.17) is 22.2 Å². The number of nitrogens with zero attached hydrogens (tertiary/aromatic N) is 4. The minimum Gasteiger partial charge on any atom is -0.504 e. The number of halogens is 1. The summed E-state index contributed by atoms with van der Waals surface area (Å²) in [6, 6.07) is 1.34. The van der Waals surface area contributed by atoms with Crippen molar-refractivity contribution < 1.29 is 53.7 Å². The molecule has 0 unspecified atom stereocenters. The lowest BCUT2D eigenvalue weighted by atomic mass is 9.70. The van der Waals surface area contributed by atoms with E-state index in [-0.39, 0.29) is 37.8 Å². The fourth-order valence-corrected chi connectivity index (χ4v) is 9.35. The molecule has 2 bridgehead atoms. The molecule has 3 atom stereocenters. The number of aliphatic carboxylic acids is 2. The zero-order chi connectivity index (χ0) is 38.6. The van der Waals surface area contributed by atoms with Crippen LogP contribution in [0.5, 0.6) is 11.5 Å². The van der Waals surface area contributed by atoms with Crippen LogP contribution in [0.3, 0.4) is 0 Å². The van der Waals surface area contributed by atoms with E-state index in [1.807, 2.05) is 6.92 Å². The number of carboxylic acid groups (broad SMARTS) is 2. The van der Waals surface area contributed by atoms with Gasteiger partial charge in [-0.1, -0.05) is 16.8 Å². The number of oxime groups is 1. The second-order valence-electron chi connectivity index (χ2n) is 14.4. The Morgan fingerprint density at radius 2 is 1.83 bits per heavy atom. The molecular formula is C33H39ClN7O10S2+. The molecule has 53 heavy (non-hydrogen) atoms. The topological polar surface area (TPSA) is 254 Å². The number of thioether (sulfide) groups is 1. The number of hydrogen-bond donors (Lipinski definition) is 7. The Labute approximate surface area is 316 Å². The van der Waals surface area contributed by atoms with E-state index >= 15 is 0 Å². The Bertz CT molecular complexity index is 1920. The summed E-state index contributed by atoms with van der Waals surface area (Å²) in [6.45, 7) is 7.44. The summed E-state index contributed by atoms with van der Waals surface area (Å²) >= 11 is 8.31. The zero-order valence-electron chi connectivity index (χ0n) is 28.9. The van der Waals surface area contributed by atoms with E-state index in [9.17, 15) is 44.4 Å². The first-order valence-electron chi connectivity index (χ1n) is 16.7. The molecule has 0 saturated carbocycles. The molecule has 3 amide bonds. The van der Waals surface area contributed by atoms with Crippen LogP contribution >= 0.6 is 34.7 Å². The van der Waals surface area contributed by atoms with Gasteiger partial charge >= 0.3 is 11.9 Å². The number of carboxylic acids is 2. The van der Waals surface area contributed by atoms with E-state index in [1.54, 1.807) is 0 Å². The maximum absolute atomic E-state index is 13.6. The van der Waals surface area contributed by atoms with Gasteiger partial charge in [-0.25, -0.2) is 14.6 Å². The van der Waals surface area contributed by atoms with Crippen molar-refractivity contribution in [3.8, 4) is 11.5 Å². The zero-order valence-corrected chi connectivity index (χ0v) is 31.3. The number of phenolic OH excluding ortho intramolecular Hbond substituents is 2. The molecule has 6 heterocycles. The first-order valence-corrected chi connectivity index (χ1v) is 18.9. The van der Waals surface area contributed by atoms with E-state index in [1.165, 1.54) is 42.0 Å². The first-order chi connectivity index (χ1) is 24.9. The van der Waals surface area contributed by atoms with E-state index in [2.05, 4.69) is 20.8 Å². The lowest BCUT2D eigenvalue weighted by Crippen LogP contribution is -2.72. The Morgan fingerprint density at radius 1 is 1.17 bits per heavy atom. The maximum atomic E-state index is 13.6. The maximum Gasteiger partial charge on any atom is 0.352 e. The van der Waals surface area contributed by atoms with Gasteiger partial charge in [0, 0.05) is 53.0 Å². The Hall–Kier alpha value is -4.59. The number of rotatable bonds is 12. The third-order valence-corrected chi connectivity index (χ3v) is 13.0. The van der Waals surface area contributed by atoms with Crippen molar-refractivity contribution in [1.29, 1.82) is 0 Å². The van der Waals surface area contributed by atoms with Crippen molar-refractivity contribution in [2.75, 3.05) is 38.5 Å². The lowest BCUT2D eigenvalue weighted by molar-refractivity contribution is -0.941. The molecule has 7 rings (SSSR count). The van der Waals surface area contributed by atoms with Crippen molar-refractivity contribution in [3.63, 3.8) is 0 Å². The highest BCUT2D eigenvalue weighted by Gasteiger charge is 2.58. The van der Waals surface area contributed by atoms with Crippen molar-refractivity contribution in [2.24, 2.45) is 10.6 Å². The molecule has 17 nitrogen and oxygen atoms in total. The fraction of sp³-hybridized carbons (Fsp3) is 0.485. The summed E-state index contributed by atoms with van der Waals surface area (Å²) in [4.78, 5) is 74.7. The molecule has 2 aromatic rings. The van der Waals surface area contributed by atoms with Crippen molar-refractivity contribution in [3.05, 3.63) is 45.1 Å². The predicted molar refractivity (Wildman–Crippen MR) is 193 cm³/mol. The number of hydrogen-bond acceptors (Lipinski definition) is 13. The van der Waals surface area contributed by atoms with Crippen LogP contribution in [0.2, 0.25) is 5.02 Å². The first kappa shape index (κ1) is 38.1. The van der Waals surface area contributed by atoms with E-state index in [0.29, 0.717) is 23.1 Å². The normalized spacial score (nSPS) is 26.8. The van der Waals surface area contributed by atoms with Gasteiger partial charge in [0.15, 0.2) is 22.3 Å². The molecule has 284 valence electrons. The predicted octanol–water partition coefficient (Wildman–Crippen LogP) is 1.93. The van der Waals surface area contributed by atoms with Crippen LogP contribution in [0.25, 0.3) is 0 Å². The second kappa shape index (κ2) is 14.0. The number of piperidine rings is 3. The van der Waals surface area contributed by atoms with Gasteiger partial charge in [0.05, 0.1) is 24.7 Å². The summed E-state index contributed by atoms with van der Waals surface area (Å²) in [6.07, 6.45) is 2.36. The Morgan fingerprint density at radius 3 is 2.40 bits per heavy atom. The highest BCUT2D eigenvalue weighted by molar-refractivity contribution is 8.00. The summed E-state index contributed by atoms with van der Waals surface area (Å²) < 4.78 is 0.643. The summed E-state index contributed by atoms with van der Waals surface area (Å²) in [7, 11) is 0. The number of nitrogens with two attached hydrogens (primary N) is 1. The third kappa shape index (κ3) is 7.21. The second-order valence-corrected chi connectivity index (χ2v) is 17.1. The molecule has 0 aliphatic carbocycles. The van der Waals surface area contributed by atoms with Crippen LogP contribution in [-0.2, 0) is 24.0 Å². The number of thiazole rings is 1. The molecule has 1 aromatic heterocycles. The largest absolute Gasteiger partial charge is 0.504 e. The van der Waals surface area contributed by atoms with E-state index < -0.39 is 63.9 Å². The third-order valence-electron chi connectivity index (χ3n) is 10.6. The summed E-state index contributed by atoms with van der Waals surface area (Å²) in [5, 5.41) is 49.2. The number of phenols is 2. The van der Waals surface area contributed by atoms with Gasteiger partial charge in [-0.3, -0.25) is 19.3 Å². The molecule has 0 radical (unpaired) electrons. The number of anilines is 1. The van der Waals surface area contributed by atoms with Crippen LogP contribution in [0.15, 0.2) is 33.9 Å². The number of carbonyl (C=O) groups is 5. The molecule has 4 saturated heterocycles. The van der Waals surface area contributed by atoms with Crippen LogP contribution in [-0.4, -0.2) is 125 Å². The lowest BCUT2D eigenvalue weighted by Gasteiger charge is -2.56. The fourth-order valence-electron chi connectivity index (χ4n) is 7.15. The average molecular weight is 793 g/mol. The van der Waals surface area contributed by atoms with Crippen LogP contribution in [0.1, 0.15) is 56.1 Å². The number of fused-ring (bicyclic) bond motifs is 4. The van der Waals surface area contributed by atoms with Gasteiger partial charge < -0.3 is 46.1 Å². The van der Waals surface area contributed by atoms with Gasteiger partial charge in [0.2, 0.25) is 5.60 Å². The average Bonchev–Trinajstić information content (AvgIpc) is 3.55. The number of carbonyl (C=O) groups excluding carboxylic acids is 3. The molecule has 5 aliphatic heterocycles. The molecule has 5 aliphatic rings. The standard InChI is InChI=1S/C33H38ClN7O10S2/c1-15-17(12-41-7-4-33(5-8-41,6-9-41)14-36-25(44)16-10-18(34)24(43)20(42)11-16)23(29(47)48)40-27(46)22(28(40)53-15)38-26(45)21(19-13-52-31(35)37-19)39-51-32(2,3)30(49)50/h10-11,13,15,22,28H,4-9,12,14H2,1-3H3,(H7-,35,36,37,38,39,42,43,44,45,47,48,49,50)/p+1/t15-,22+,28+,33?,41?/m0/s1. The number of nitrogens with one attached hydrogen (secondary N) is 2. The van der Waals surface area contributed by atoms with Gasteiger partial charge in [-0.15, -0.1) is 23.1 Å². The molecule has 8 N–H and O–H groups in total. The Kier molecular flexibility index (Phi) is 10.1. The highest BCUT2D eigenvalue weighted by Crippen LogP contribution is 2.48. The molecule has 4 fully saturated rings. The number of aromatic hydroxyl groups is 2. The minimum absolute atomic E-state index is 0.0128. The van der Waals surface area contributed by atoms with Crippen molar-refractivity contribution >= 4 is 75.2 Å². The Balaban J connectivity index is 1.13. The van der Waals surface area contributed by atoms with Crippen LogP contribution in [0.4, 0.5) is 5.13 Å². The quantitative estimate of drug-likeness (QED) is 0.0534. The summed E-state index contributed by atoms with van der Waals surface area (Å²) in [5.41, 5.74) is 4.09. The van der Waals surface area contributed by atoms with Gasteiger partial charge in [-0.05, 0) is 32.9 Å². The summed E-state index contributed by atoms with van der Waals surface area (Å²) in [5.74, 6) is -5.47. The van der Waals surface area contributed by atoms with Crippen LogP contribution in [0, 0.1) is 5.41 Å². The highest BCUT2D eigenvalue weighted by atomic mass is 35.5. The van der Waals surface area contributed by atoms with Crippen molar-refractivity contribution in [2.45, 2.75) is 62.3 Å². The number of amides is 3. The van der Waals surface area contributed by atoms with Gasteiger partial charge in [-0.2, -0.15) is 0 Å². The smallest absolute Gasteiger partial charge is 0.352 e. The number of quaternary nitrogens is 1. The van der Waals surface area contributed by atoms with Crippen LogP contribution < -0.4 is 16.4 Å². The van der Waals surface area contributed by atoms with Gasteiger partial charge in [0.1, 0.15) is 29.4 Å². The van der Waals surface area contributed by atoms with Crippen molar-refractivity contribution in [1.82, 2.24) is 20.5 Å². The van der Waals surface area contributed by atoms with E-state index in [0.717, 1.165) is 56.3 Å². The molecule has 1 aromatic carbocycles. The monoisotopic (exact) mass is 792 g/mol. The van der Waals surface area contributed by atoms with Gasteiger partial charge in [0.25, 0.3) is 17.7 Å². The SMILES string of the molecule is C[C@@H]1S[C@@H]2[C@H](NC(=O)/C(=N\OC(C)(C)C(=O)O)c3csc(N)n3)C(=O)N2C(C(=O)O)=C1C[N+]12CCC(CNC(=O)c3cc(O)c(O)c(Cl)c3)(CC1)CC2. The minimum atomic E-state index is -1.79. The number of β-lactam (4-membered cyclic amide) rings is 1. The molecule has 20 heteroatoms. The number of aromatic nitrogens is 1. The number of benzene rings is 1.